The molecule has 1 aromatic carbocycles. The zero-order valence-electron chi connectivity index (χ0n) is 10.1. The molecule has 0 bridgehead atoms. The lowest BCUT2D eigenvalue weighted by Crippen LogP contribution is -2.00. The van der Waals surface area contributed by atoms with Crippen molar-refractivity contribution in [2.24, 2.45) is 0 Å². The van der Waals surface area contributed by atoms with Gasteiger partial charge in [0.05, 0.1) is 16.9 Å². The van der Waals surface area contributed by atoms with Gasteiger partial charge in [0.15, 0.2) is 0 Å². The van der Waals surface area contributed by atoms with Gasteiger partial charge in [0.1, 0.15) is 6.54 Å². The van der Waals surface area contributed by atoms with Crippen molar-refractivity contribution in [3.63, 3.8) is 0 Å². The molecule has 0 fully saturated rings. The summed E-state index contributed by atoms with van der Waals surface area (Å²) < 4.78 is 7.60. The lowest BCUT2D eigenvalue weighted by molar-refractivity contribution is 0.366. The Morgan fingerprint density at radius 3 is 2.95 bits per heavy atom. The van der Waals surface area contributed by atoms with E-state index >= 15 is 0 Å². The topological polar surface area (TPSA) is 82.8 Å². The molecule has 102 valence electrons. The average Bonchev–Trinajstić information content (AvgIpc) is 3.03. The Kier molecular flexibility index (Phi) is 3.45. The van der Waals surface area contributed by atoms with Crippen LogP contribution in [0.1, 0.15) is 5.89 Å². The van der Waals surface area contributed by atoms with Crippen molar-refractivity contribution in [1.29, 1.82) is 0 Å². The summed E-state index contributed by atoms with van der Waals surface area (Å²) in [6, 6.07) is 5.43. The molecule has 0 aliphatic rings. The van der Waals surface area contributed by atoms with Crippen LogP contribution in [0, 0.1) is 0 Å². The molecule has 0 saturated heterocycles. The highest BCUT2D eigenvalue weighted by Crippen LogP contribution is 2.27. The summed E-state index contributed by atoms with van der Waals surface area (Å²) in [5.74, 6) is 0.951. The van der Waals surface area contributed by atoms with E-state index in [9.17, 15) is 0 Å². The molecular formula is C12H9BrClN5O. The van der Waals surface area contributed by atoms with Crippen LogP contribution in [0.15, 0.2) is 39.6 Å². The predicted molar refractivity (Wildman–Crippen MR) is 78.2 cm³/mol. The normalized spacial score (nSPS) is 10.9. The second-order valence-corrected chi connectivity index (χ2v) is 5.37. The third-order valence-corrected chi connectivity index (χ3v) is 3.81. The van der Waals surface area contributed by atoms with Crippen LogP contribution >= 0.6 is 27.5 Å². The van der Waals surface area contributed by atoms with Crippen molar-refractivity contribution in [2.45, 2.75) is 6.54 Å². The first-order valence-electron chi connectivity index (χ1n) is 5.68. The Balaban J connectivity index is 1.84. The number of aromatic nitrogens is 4. The minimum atomic E-state index is 0.374. The van der Waals surface area contributed by atoms with Crippen molar-refractivity contribution in [2.75, 3.05) is 5.73 Å². The van der Waals surface area contributed by atoms with E-state index in [-0.39, 0.29) is 0 Å². The number of hydrogen-bond donors (Lipinski definition) is 1. The Morgan fingerprint density at radius 1 is 1.40 bits per heavy atom. The summed E-state index contributed by atoms with van der Waals surface area (Å²) >= 11 is 9.31. The molecule has 6 nitrogen and oxygen atoms in total. The molecular weight excluding hydrogens is 346 g/mol. The summed E-state index contributed by atoms with van der Waals surface area (Å²) in [4.78, 5) is 4.31. The molecule has 3 aromatic rings. The average molecular weight is 355 g/mol. The summed E-state index contributed by atoms with van der Waals surface area (Å²) in [5, 5.41) is 8.62. The van der Waals surface area contributed by atoms with Crippen LogP contribution in [0.3, 0.4) is 0 Å². The molecule has 0 amide bonds. The zero-order chi connectivity index (χ0) is 14.1. The Hall–Kier alpha value is -1.86. The Labute approximate surface area is 127 Å². The van der Waals surface area contributed by atoms with E-state index in [1.54, 1.807) is 23.1 Å². The molecule has 0 saturated carbocycles. The van der Waals surface area contributed by atoms with E-state index < -0.39 is 0 Å². The number of nitrogen functional groups attached to an aromatic ring is 1. The summed E-state index contributed by atoms with van der Waals surface area (Å²) in [7, 11) is 0. The summed E-state index contributed by atoms with van der Waals surface area (Å²) in [6.07, 6.45) is 3.26. The van der Waals surface area contributed by atoms with Gasteiger partial charge in [-0.15, -0.1) is 0 Å². The van der Waals surface area contributed by atoms with Crippen molar-refractivity contribution >= 4 is 33.2 Å². The van der Waals surface area contributed by atoms with E-state index in [1.807, 2.05) is 12.1 Å². The van der Waals surface area contributed by atoms with Gasteiger partial charge in [0, 0.05) is 16.2 Å². The molecule has 0 atom stereocenters. The van der Waals surface area contributed by atoms with Gasteiger partial charge in [0.25, 0.3) is 0 Å². The number of nitrogens with two attached hydrogens (primary N) is 1. The second-order valence-electron chi connectivity index (χ2n) is 4.11. The number of halogens is 2. The lowest BCUT2D eigenvalue weighted by Gasteiger charge is -1.97. The van der Waals surface area contributed by atoms with Crippen molar-refractivity contribution in [3.05, 3.63) is 46.0 Å². The maximum Gasteiger partial charge on any atom is 0.248 e. The smallest absolute Gasteiger partial charge is 0.248 e. The predicted octanol–water partition coefficient (Wildman–Crippen LogP) is 2.98. The molecule has 20 heavy (non-hydrogen) atoms. The SMILES string of the molecule is Nc1cnn(Cc2nc(-c3ccc(Cl)c(Br)c3)no2)c1. The van der Waals surface area contributed by atoms with Crippen molar-refractivity contribution < 1.29 is 4.52 Å². The first kappa shape index (κ1) is 13.1. The van der Waals surface area contributed by atoms with Crippen LogP contribution in [0.2, 0.25) is 5.02 Å². The van der Waals surface area contributed by atoms with Crippen LogP contribution < -0.4 is 5.73 Å². The molecule has 0 radical (unpaired) electrons. The van der Waals surface area contributed by atoms with Gasteiger partial charge < -0.3 is 10.3 Å². The third-order valence-electron chi connectivity index (χ3n) is 2.60. The number of anilines is 1. The van der Waals surface area contributed by atoms with Crippen LogP contribution in [-0.2, 0) is 6.54 Å². The third kappa shape index (κ3) is 2.68. The number of hydrogen-bond acceptors (Lipinski definition) is 5. The number of nitrogens with zero attached hydrogens (tertiary/aromatic N) is 4. The Bertz CT molecular complexity index is 754. The van der Waals surface area contributed by atoms with Crippen LogP contribution in [0.5, 0.6) is 0 Å². The van der Waals surface area contributed by atoms with Gasteiger partial charge in [-0.05, 0) is 34.1 Å². The van der Waals surface area contributed by atoms with E-state index in [2.05, 4.69) is 31.2 Å². The molecule has 8 heteroatoms. The fraction of sp³-hybridized carbons (Fsp3) is 0.0833. The van der Waals surface area contributed by atoms with E-state index in [1.165, 1.54) is 0 Å². The maximum atomic E-state index is 5.95. The zero-order valence-corrected chi connectivity index (χ0v) is 12.5. The number of rotatable bonds is 3. The van der Waals surface area contributed by atoms with Crippen LogP contribution in [0.4, 0.5) is 5.69 Å². The van der Waals surface area contributed by atoms with Crippen LogP contribution in [-0.4, -0.2) is 19.9 Å². The highest BCUT2D eigenvalue weighted by molar-refractivity contribution is 9.10. The highest BCUT2D eigenvalue weighted by atomic mass is 79.9. The first-order valence-corrected chi connectivity index (χ1v) is 6.85. The molecule has 0 unspecified atom stereocenters. The molecule has 0 aliphatic carbocycles. The summed E-state index contributed by atoms with van der Waals surface area (Å²) in [5.41, 5.74) is 7.00. The minimum absolute atomic E-state index is 0.374. The Morgan fingerprint density at radius 2 is 2.25 bits per heavy atom. The monoisotopic (exact) mass is 353 g/mol. The van der Waals surface area contributed by atoms with E-state index in [4.69, 9.17) is 21.9 Å². The fourth-order valence-electron chi connectivity index (χ4n) is 1.68. The van der Waals surface area contributed by atoms with Gasteiger partial charge >= 0.3 is 0 Å². The highest BCUT2D eigenvalue weighted by Gasteiger charge is 2.11. The maximum absolute atomic E-state index is 5.95. The molecule has 3 rings (SSSR count). The van der Waals surface area contributed by atoms with Crippen molar-refractivity contribution in [3.8, 4) is 11.4 Å². The van der Waals surface area contributed by atoms with Gasteiger partial charge in [-0.1, -0.05) is 16.8 Å². The standard InChI is InChI=1S/C12H9BrClN5O/c13-9-3-7(1-2-10(9)14)12-17-11(20-18-12)6-19-5-8(15)4-16-19/h1-5H,6,15H2. The molecule has 0 aliphatic heterocycles. The molecule has 2 N–H and O–H groups in total. The van der Waals surface area contributed by atoms with E-state index in [0.717, 1.165) is 10.0 Å². The molecule has 2 heterocycles. The van der Waals surface area contributed by atoms with E-state index in [0.29, 0.717) is 29.0 Å². The van der Waals surface area contributed by atoms with Gasteiger partial charge in [-0.2, -0.15) is 10.1 Å². The number of benzene rings is 1. The first-order chi connectivity index (χ1) is 9.61. The lowest BCUT2D eigenvalue weighted by atomic mass is 10.2. The molecule has 2 aromatic heterocycles. The van der Waals surface area contributed by atoms with Gasteiger partial charge in [-0.25, -0.2) is 0 Å². The van der Waals surface area contributed by atoms with Crippen molar-refractivity contribution in [1.82, 2.24) is 19.9 Å². The fourth-order valence-corrected chi connectivity index (χ4v) is 2.17. The van der Waals surface area contributed by atoms with Gasteiger partial charge in [0.2, 0.25) is 11.7 Å². The van der Waals surface area contributed by atoms with Gasteiger partial charge in [-0.3, -0.25) is 4.68 Å². The quantitative estimate of drug-likeness (QED) is 0.782. The largest absolute Gasteiger partial charge is 0.396 e. The second kappa shape index (κ2) is 5.26. The van der Waals surface area contributed by atoms with Crippen LogP contribution in [0.25, 0.3) is 11.4 Å². The minimum Gasteiger partial charge on any atom is -0.396 e. The molecule has 0 spiro atoms. The summed E-state index contributed by atoms with van der Waals surface area (Å²) in [6.45, 7) is 0.374.